The molecular formula is C15H22N2O3. The van der Waals surface area contributed by atoms with Gasteiger partial charge in [-0.3, -0.25) is 4.79 Å². The average molecular weight is 278 g/mol. The van der Waals surface area contributed by atoms with Crippen LogP contribution >= 0.6 is 0 Å². The van der Waals surface area contributed by atoms with Gasteiger partial charge in [-0.05, 0) is 38.3 Å². The lowest BCUT2D eigenvalue weighted by Crippen LogP contribution is -2.43. The first-order chi connectivity index (χ1) is 9.61. The molecule has 0 aliphatic carbocycles. The van der Waals surface area contributed by atoms with Gasteiger partial charge in [0.1, 0.15) is 11.5 Å². The molecule has 0 radical (unpaired) electrons. The predicted molar refractivity (Wildman–Crippen MR) is 77.9 cm³/mol. The Bertz CT molecular complexity index is 470. The topological polar surface area (TPSA) is 64.8 Å². The molecule has 1 aliphatic heterocycles. The van der Waals surface area contributed by atoms with Gasteiger partial charge in [0.15, 0.2) is 6.10 Å². The first kappa shape index (κ1) is 14.5. The Morgan fingerprint density at radius 3 is 2.60 bits per heavy atom. The van der Waals surface area contributed by atoms with E-state index in [0.717, 1.165) is 25.9 Å². The Morgan fingerprint density at radius 1 is 1.30 bits per heavy atom. The molecule has 1 aromatic rings. The number of carbonyl (C=O) groups excluding carboxylic acids is 1. The summed E-state index contributed by atoms with van der Waals surface area (Å²) in [5, 5.41) is 0. The lowest BCUT2D eigenvalue weighted by Gasteiger charge is -2.29. The Hall–Kier alpha value is -1.91. The Labute approximate surface area is 119 Å². The van der Waals surface area contributed by atoms with Crippen molar-refractivity contribution in [1.82, 2.24) is 4.90 Å². The fourth-order valence-corrected chi connectivity index (χ4v) is 2.37. The second kappa shape index (κ2) is 6.50. The van der Waals surface area contributed by atoms with Crippen molar-refractivity contribution >= 4 is 11.6 Å². The summed E-state index contributed by atoms with van der Waals surface area (Å²) in [4.78, 5) is 14.1. The Balaban J connectivity index is 1.99. The molecule has 2 N–H and O–H groups in total. The lowest BCUT2D eigenvalue weighted by atomic mass is 10.1. The molecule has 0 bridgehead atoms. The summed E-state index contributed by atoms with van der Waals surface area (Å²) >= 11 is 0. The number of nitrogens with zero attached hydrogens (tertiary/aromatic N) is 1. The van der Waals surface area contributed by atoms with E-state index in [1.807, 2.05) is 4.90 Å². The first-order valence-electron chi connectivity index (χ1n) is 7.01. The summed E-state index contributed by atoms with van der Waals surface area (Å²) in [6.45, 7) is 3.41. The van der Waals surface area contributed by atoms with Crippen LogP contribution < -0.4 is 15.2 Å². The summed E-state index contributed by atoms with van der Waals surface area (Å²) in [5.41, 5.74) is 6.37. The second-order valence-corrected chi connectivity index (χ2v) is 5.05. The third-order valence-corrected chi connectivity index (χ3v) is 3.54. The lowest BCUT2D eigenvalue weighted by molar-refractivity contribution is -0.138. The van der Waals surface area contributed by atoms with Crippen LogP contribution in [0.2, 0.25) is 0 Å². The molecule has 0 spiro atoms. The SMILES string of the molecule is COc1ccc(OC(C)C(=O)N2CCCCC2)c(N)c1. The molecule has 1 amide bonds. The number of amides is 1. The minimum atomic E-state index is -0.524. The molecular weight excluding hydrogens is 256 g/mol. The van der Waals surface area contributed by atoms with Gasteiger partial charge < -0.3 is 20.1 Å². The van der Waals surface area contributed by atoms with E-state index in [1.165, 1.54) is 6.42 Å². The highest BCUT2D eigenvalue weighted by Gasteiger charge is 2.23. The van der Waals surface area contributed by atoms with Crippen molar-refractivity contribution in [3.63, 3.8) is 0 Å². The highest BCUT2D eigenvalue weighted by Crippen LogP contribution is 2.27. The summed E-state index contributed by atoms with van der Waals surface area (Å²) in [6, 6.07) is 5.19. The maximum Gasteiger partial charge on any atom is 0.263 e. The third kappa shape index (κ3) is 3.35. The Morgan fingerprint density at radius 2 is 2.00 bits per heavy atom. The van der Waals surface area contributed by atoms with E-state index >= 15 is 0 Å². The summed E-state index contributed by atoms with van der Waals surface area (Å²) in [5.74, 6) is 1.22. The zero-order valence-corrected chi connectivity index (χ0v) is 12.1. The number of likely N-dealkylation sites (tertiary alicyclic amines) is 1. The van der Waals surface area contributed by atoms with Gasteiger partial charge in [0.2, 0.25) is 0 Å². The molecule has 1 heterocycles. The van der Waals surface area contributed by atoms with Gasteiger partial charge in [0.05, 0.1) is 12.8 Å². The monoisotopic (exact) mass is 278 g/mol. The molecule has 1 aromatic carbocycles. The van der Waals surface area contributed by atoms with Crippen molar-refractivity contribution in [3.05, 3.63) is 18.2 Å². The predicted octanol–water partition coefficient (Wildman–Crippen LogP) is 2.06. The van der Waals surface area contributed by atoms with Gasteiger partial charge in [-0.15, -0.1) is 0 Å². The van der Waals surface area contributed by atoms with E-state index in [-0.39, 0.29) is 5.91 Å². The molecule has 20 heavy (non-hydrogen) atoms. The molecule has 5 nitrogen and oxygen atoms in total. The summed E-state index contributed by atoms with van der Waals surface area (Å²) in [6.07, 6.45) is 2.82. The normalized spacial score (nSPS) is 16.6. The van der Waals surface area contributed by atoms with Crippen LogP contribution in [0.1, 0.15) is 26.2 Å². The zero-order chi connectivity index (χ0) is 14.5. The van der Waals surface area contributed by atoms with Crippen LogP contribution in [0.15, 0.2) is 18.2 Å². The molecule has 1 atom stereocenters. The van der Waals surface area contributed by atoms with Crippen LogP contribution in [0, 0.1) is 0 Å². The number of methoxy groups -OCH3 is 1. The molecule has 5 heteroatoms. The van der Waals surface area contributed by atoms with Gasteiger partial charge in [-0.2, -0.15) is 0 Å². The van der Waals surface area contributed by atoms with Gasteiger partial charge in [-0.1, -0.05) is 0 Å². The number of nitrogens with two attached hydrogens (primary N) is 1. The minimum Gasteiger partial charge on any atom is -0.497 e. The fourth-order valence-electron chi connectivity index (χ4n) is 2.37. The Kier molecular flexibility index (Phi) is 4.71. The number of benzene rings is 1. The maximum atomic E-state index is 12.3. The van der Waals surface area contributed by atoms with Crippen molar-refractivity contribution in [2.75, 3.05) is 25.9 Å². The van der Waals surface area contributed by atoms with Gasteiger partial charge in [0.25, 0.3) is 5.91 Å². The van der Waals surface area contributed by atoms with Crippen molar-refractivity contribution < 1.29 is 14.3 Å². The number of ether oxygens (including phenoxy) is 2. The van der Waals surface area contributed by atoms with Crippen molar-refractivity contribution in [1.29, 1.82) is 0 Å². The molecule has 110 valence electrons. The number of anilines is 1. The molecule has 0 aromatic heterocycles. The van der Waals surface area contributed by atoms with Crippen LogP contribution in [0.4, 0.5) is 5.69 Å². The first-order valence-corrected chi connectivity index (χ1v) is 7.01. The maximum absolute atomic E-state index is 12.3. The highest BCUT2D eigenvalue weighted by molar-refractivity contribution is 5.81. The standard InChI is InChI=1S/C15H22N2O3/c1-11(15(18)17-8-4-3-5-9-17)20-14-7-6-12(19-2)10-13(14)16/h6-7,10-11H,3-5,8-9,16H2,1-2H3. The number of piperidine rings is 1. The molecule has 1 unspecified atom stereocenters. The third-order valence-electron chi connectivity index (χ3n) is 3.54. The number of hydrogen-bond acceptors (Lipinski definition) is 4. The number of nitrogen functional groups attached to an aromatic ring is 1. The van der Waals surface area contributed by atoms with E-state index in [2.05, 4.69) is 0 Å². The van der Waals surface area contributed by atoms with Crippen LogP contribution in [-0.2, 0) is 4.79 Å². The van der Waals surface area contributed by atoms with E-state index in [9.17, 15) is 4.79 Å². The van der Waals surface area contributed by atoms with Crippen LogP contribution in [0.3, 0.4) is 0 Å². The van der Waals surface area contributed by atoms with E-state index in [0.29, 0.717) is 17.2 Å². The van der Waals surface area contributed by atoms with Crippen LogP contribution in [0.25, 0.3) is 0 Å². The summed E-state index contributed by atoms with van der Waals surface area (Å²) in [7, 11) is 1.58. The van der Waals surface area contributed by atoms with Crippen molar-refractivity contribution in [2.45, 2.75) is 32.3 Å². The van der Waals surface area contributed by atoms with Crippen LogP contribution in [-0.4, -0.2) is 37.1 Å². The molecule has 2 rings (SSSR count). The molecule has 0 saturated carbocycles. The molecule has 1 saturated heterocycles. The summed E-state index contributed by atoms with van der Waals surface area (Å²) < 4.78 is 10.8. The smallest absolute Gasteiger partial charge is 0.263 e. The zero-order valence-electron chi connectivity index (χ0n) is 12.1. The average Bonchev–Trinajstić information content (AvgIpc) is 2.49. The van der Waals surface area contributed by atoms with Crippen LogP contribution in [0.5, 0.6) is 11.5 Å². The van der Waals surface area contributed by atoms with Crippen molar-refractivity contribution in [2.24, 2.45) is 0 Å². The van der Waals surface area contributed by atoms with E-state index in [1.54, 1.807) is 32.2 Å². The largest absolute Gasteiger partial charge is 0.497 e. The van der Waals surface area contributed by atoms with Gasteiger partial charge >= 0.3 is 0 Å². The second-order valence-electron chi connectivity index (χ2n) is 5.05. The van der Waals surface area contributed by atoms with Gasteiger partial charge in [0, 0.05) is 19.2 Å². The number of hydrogen-bond donors (Lipinski definition) is 1. The number of carbonyl (C=O) groups is 1. The quantitative estimate of drug-likeness (QED) is 0.856. The van der Waals surface area contributed by atoms with E-state index < -0.39 is 6.10 Å². The van der Waals surface area contributed by atoms with E-state index in [4.69, 9.17) is 15.2 Å². The molecule has 1 fully saturated rings. The fraction of sp³-hybridized carbons (Fsp3) is 0.533. The minimum absolute atomic E-state index is 0.0277. The highest BCUT2D eigenvalue weighted by atomic mass is 16.5. The molecule has 1 aliphatic rings. The number of rotatable bonds is 4. The van der Waals surface area contributed by atoms with Crippen molar-refractivity contribution in [3.8, 4) is 11.5 Å². The van der Waals surface area contributed by atoms with Gasteiger partial charge in [-0.25, -0.2) is 0 Å².